The molecular formula is C24H17N3O6. The minimum atomic E-state index is -0.623. The third-order valence-corrected chi connectivity index (χ3v) is 4.91. The zero-order valence-electron chi connectivity index (χ0n) is 17.4. The number of nitrogens with zero attached hydrogens (tertiary/aromatic N) is 3. The number of hydrogen-bond donors (Lipinski definition) is 1. The van der Waals surface area contributed by atoms with Crippen LogP contribution in [0.25, 0.3) is 11.6 Å². The number of phenolic OH excluding ortho intramolecular Hbond substituents is 1. The first-order valence-corrected chi connectivity index (χ1v) is 9.95. The van der Waals surface area contributed by atoms with Crippen LogP contribution >= 0.6 is 0 Å². The summed E-state index contributed by atoms with van der Waals surface area (Å²) in [4.78, 5) is 35.2. The molecule has 0 spiro atoms. The summed E-state index contributed by atoms with van der Waals surface area (Å²) in [7, 11) is 0. The molecule has 4 rings (SSSR count). The summed E-state index contributed by atoms with van der Waals surface area (Å²) in [6.45, 7) is 2.00. The van der Waals surface area contributed by atoms with Crippen LogP contribution in [0.1, 0.15) is 28.4 Å². The number of ether oxygens (including phenoxy) is 1. The van der Waals surface area contributed by atoms with E-state index >= 15 is 0 Å². The molecule has 0 fully saturated rings. The van der Waals surface area contributed by atoms with Gasteiger partial charge in [0.25, 0.3) is 5.69 Å². The Morgan fingerprint density at radius 2 is 1.76 bits per heavy atom. The van der Waals surface area contributed by atoms with E-state index < -0.39 is 16.5 Å². The quantitative estimate of drug-likeness (QED) is 0.178. The summed E-state index contributed by atoms with van der Waals surface area (Å²) in [5.41, 5.74) is 1.65. The van der Waals surface area contributed by atoms with Crippen LogP contribution in [0.5, 0.6) is 11.5 Å². The van der Waals surface area contributed by atoms with Crippen LogP contribution < -0.4 is 4.74 Å². The van der Waals surface area contributed by atoms with Gasteiger partial charge in [0.1, 0.15) is 5.69 Å². The van der Waals surface area contributed by atoms with E-state index in [1.54, 1.807) is 31.2 Å². The molecule has 3 aromatic carbocycles. The Kier molecular flexibility index (Phi) is 5.77. The van der Waals surface area contributed by atoms with Gasteiger partial charge in [-0.05, 0) is 42.3 Å². The van der Waals surface area contributed by atoms with Crippen molar-refractivity contribution in [1.82, 2.24) is 0 Å². The van der Waals surface area contributed by atoms with Gasteiger partial charge in [-0.25, -0.2) is 0 Å². The van der Waals surface area contributed by atoms with Gasteiger partial charge in [-0.3, -0.25) is 19.7 Å². The second-order valence-electron chi connectivity index (χ2n) is 7.06. The van der Waals surface area contributed by atoms with Gasteiger partial charge in [-0.2, -0.15) is 5.11 Å². The highest BCUT2D eigenvalue weighted by Gasteiger charge is 2.32. The number of benzene rings is 3. The maximum absolute atomic E-state index is 12.5. The van der Waals surface area contributed by atoms with Crippen molar-refractivity contribution in [1.29, 1.82) is 0 Å². The highest BCUT2D eigenvalue weighted by molar-refractivity contribution is 6.64. The van der Waals surface area contributed by atoms with Crippen LogP contribution in [0.4, 0.5) is 17.1 Å². The molecule has 0 amide bonds. The van der Waals surface area contributed by atoms with Crippen molar-refractivity contribution < 1.29 is 24.4 Å². The summed E-state index contributed by atoms with van der Waals surface area (Å²) in [6, 6.07) is 15.3. The monoisotopic (exact) mass is 443 g/mol. The lowest BCUT2D eigenvalue weighted by Crippen LogP contribution is -2.05. The standard InChI is InChI=1S/C24H17N3O6/c1-2-33-21-12-14(10-19-17-8-3-4-9-18(17)22(28)23(19)29)11-20(24(21)30)26-25-15-6-5-7-16(13-15)27(31)32/h3-13,30H,2H2,1H3. The first-order valence-electron chi connectivity index (χ1n) is 9.95. The highest BCUT2D eigenvalue weighted by Crippen LogP contribution is 2.40. The number of fused-ring (bicyclic) bond motifs is 1. The lowest BCUT2D eigenvalue weighted by Gasteiger charge is -2.09. The Morgan fingerprint density at radius 1 is 1.00 bits per heavy atom. The van der Waals surface area contributed by atoms with E-state index in [1.807, 2.05) is 0 Å². The van der Waals surface area contributed by atoms with Crippen LogP contribution in [0.15, 0.2) is 70.9 Å². The Labute approximate surface area is 187 Å². The van der Waals surface area contributed by atoms with Crippen molar-refractivity contribution in [3.05, 3.63) is 87.5 Å². The number of Topliss-reactive ketones (excluding diaryl/α,β-unsaturated/α-hetero) is 2. The number of phenols is 1. The predicted octanol–water partition coefficient (Wildman–Crippen LogP) is 5.42. The van der Waals surface area contributed by atoms with Gasteiger partial charge < -0.3 is 9.84 Å². The first kappa shape index (κ1) is 21.6. The highest BCUT2D eigenvalue weighted by atomic mass is 16.6. The Balaban J connectivity index is 1.78. The molecule has 0 aliphatic heterocycles. The van der Waals surface area contributed by atoms with Crippen LogP contribution in [-0.4, -0.2) is 28.2 Å². The molecule has 1 aliphatic rings. The summed E-state index contributed by atoms with van der Waals surface area (Å²) >= 11 is 0. The van der Waals surface area contributed by atoms with E-state index in [1.165, 1.54) is 42.5 Å². The molecule has 0 atom stereocenters. The molecule has 0 heterocycles. The van der Waals surface area contributed by atoms with Gasteiger partial charge in [-0.15, -0.1) is 5.11 Å². The molecule has 0 aromatic heterocycles. The molecular weight excluding hydrogens is 426 g/mol. The van der Waals surface area contributed by atoms with E-state index in [2.05, 4.69) is 10.2 Å². The molecule has 0 saturated heterocycles. The molecule has 0 unspecified atom stereocenters. The second kappa shape index (κ2) is 8.83. The number of rotatable bonds is 6. The molecule has 9 nitrogen and oxygen atoms in total. The summed E-state index contributed by atoms with van der Waals surface area (Å²) in [5, 5.41) is 29.5. The van der Waals surface area contributed by atoms with Crippen LogP contribution in [0, 0.1) is 10.1 Å². The fraction of sp³-hybridized carbons (Fsp3) is 0.0833. The number of allylic oxidation sites excluding steroid dienone is 1. The molecule has 164 valence electrons. The van der Waals surface area contributed by atoms with Crippen molar-refractivity contribution >= 4 is 40.3 Å². The SMILES string of the molecule is CCOc1cc(C=C2C(=O)C(=O)c3ccccc32)cc(N=Nc2cccc([N+](=O)[O-])c2)c1O. The molecule has 9 heteroatoms. The normalized spacial score (nSPS) is 14.2. The van der Waals surface area contributed by atoms with Crippen molar-refractivity contribution in [3.63, 3.8) is 0 Å². The fourth-order valence-corrected chi connectivity index (χ4v) is 3.41. The minimum Gasteiger partial charge on any atom is -0.503 e. The van der Waals surface area contributed by atoms with Gasteiger partial charge in [0.2, 0.25) is 11.6 Å². The number of hydrogen-bond acceptors (Lipinski definition) is 8. The lowest BCUT2D eigenvalue weighted by molar-refractivity contribution is -0.384. The number of ketones is 2. The smallest absolute Gasteiger partial charge is 0.271 e. The lowest BCUT2D eigenvalue weighted by atomic mass is 10.0. The third-order valence-electron chi connectivity index (χ3n) is 4.91. The molecule has 0 saturated carbocycles. The maximum atomic E-state index is 12.5. The van der Waals surface area contributed by atoms with Crippen LogP contribution in [0.3, 0.4) is 0 Å². The Bertz CT molecular complexity index is 1360. The average Bonchev–Trinajstić information content (AvgIpc) is 3.05. The van der Waals surface area contributed by atoms with Gasteiger partial charge in [-0.1, -0.05) is 30.3 Å². The van der Waals surface area contributed by atoms with Crippen LogP contribution in [-0.2, 0) is 4.79 Å². The van der Waals surface area contributed by atoms with E-state index in [0.717, 1.165) is 0 Å². The molecule has 1 N–H and O–H groups in total. The Hall–Kier alpha value is -4.66. The largest absolute Gasteiger partial charge is 0.503 e. The summed E-state index contributed by atoms with van der Waals surface area (Å²) < 4.78 is 5.48. The average molecular weight is 443 g/mol. The van der Waals surface area contributed by atoms with Crippen molar-refractivity contribution in [2.24, 2.45) is 10.2 Å². The first-order chi connectivity index (χ1) is 15.9. The zero-order chi connectivity index (χ0) is 23.5. The topological polar surface area (TPSA) is 131 Å². The molecule has 0 radical (unpaired) electrons. The van der Waals surface area contributed by atoms with Gasteiger partial charge in [0.15, 0.2) is 11.5 Å². The van der Waals surface area contributed by atoms with Crippen molar-refractivity contribution in [2.45, 2.75) is 6.92 Å². The van der Waals surface area contributed by atoms with Gasteiger partial charge in [0, 0.05) is 23.3 Å². The third kappa shape index (κ3) is 4.24. The number of carbonyl (C=O) groups is 2. The van der Waals surface area contributed by atoms with Gasteiger partial charge in [0.05, 0.1) is 17.2 Å². The number of nitro benzene ring substituents is 1. The minimum absolute atomic E-state index is 0.0318. The van der Waals surface area contributed by atoms with E-state index in [0.29, 0.717) is 16.7 Å². The summed E-state index contributed by atoms with van der Waals surface area (Å²) in [5.74, 6) is -1.36. The van der Waals surface area contributed by atoms with E-state index in [9.17, 15) is 24.8 Å². The number of azo groups is 1. The number of aromatic hydroxyl groups is 1. The Morgan fingerprint density at radius 3 is 2.48 bits per heavy atom. The zero-order valence-corrected chi connectivity index (χ0v) is 17.4. The predicted molar refractivity (Wildman–Crippen MR) is 120 cm³/mol. The fourth-order valence-electron chi connectivity index (χ4n) is 3.41. The number of carbonyl (C=O) groups excluding carboxylic acids is 2. The van der Waals surface area contributed by atoms with Crippen molar-refractivity contribution in [3.8, 4) is 11.5 Å². The van der Waals surface area contributed by atoms with Crippen molar-refractivity contribution in [2.75, 3.05) is 6.61 Å². The summed E-state index contributed by atoms with van der Waals surface area (Å²) in [6.07, 6.45) is 1.53. The number of non-ortho nitro benzene ring substituents is 1. The van der Waals surface area contributed by atoms with Gasteiger partial charge >= 0.3 is 0 Å². The second-order valence-corrected chi connectivity index (χ2v) is 7.06. The molecule has 33 heavy (non-hydrogen) atoms. The number of nitro groups is 1. The van der Waals surface area contributed by atoms with Crippen LogP contribution in [0.2, 0.25) is 0 Å². The molecule has 0 bridgehead atoms. The molecule has 1 aliphatic carbocycles. The maximum Gasteiger partial charge on any atom is 0.271 e. The van der Waals surface area contributed by atoms with E-state index in [4.69, 9.17) is 4.74 Å². The molecule has 3 aromatic rings. The van der Waals surface area contributed by atoms with E-state index in [-0.39, 0.29) is 40.7 Å².